The zero-order valence-corrected chi connectivity index (χ0v) is 15.3. The number of hydrogen-bond donors (Lipinski definition) is 2. The highest BCUT2D eigenvalue weighted by Gasteiger charge is 1.97. The Morgan fingerprint density at radius 3 is 2.52 bits per heavy atom. The van der Waals surface area contributed by atoms with Crippen LogP contribution in [0.2, 0.25) is 0 Å². The summed E-state index contributed by atoms with van der Waals surface area (Å²) in [6.45, 7) is 7.48. The summed E-state index contributed by atoms with van der Waals surface area (Å²) in [5, 5.41) is 6.36. The summed E-state index contributed by atoms with van der Waals surface area (Å²) in [7, 11) is 1.75. The molecule has 0 aliphatic carbocycles. The third-order valence-electron chi connectivity index (χ3n) is 2.62. The molecule has 0 heterocycles. The summed E-state index contributed by atoms with van der Waals surface area (Å²) < 4.78 is 10.9. The van der Waals surface area contributed by atoms with Gasteiger partial charge in [-0.15, -0.1) is 24.0 Å². The van der Waals surface area contributed by atoms with E-state index in [4.69, 9.17) is 9.47 Å². The van der Waals surface area contributed by atoms with Gasteiger partial charge in [0, 0.05) is 20.2 Å². The van der Waals surface area contributed by atoms with Crippen molar-refractivity contribution in [2.75, 3.05) is 40.0 Å². The van der Waals surface area contributed by atoms with Gasteiger partial charge in [-0.2, -0.15) is 0 Å². The zero-order chi connectivity index (χ0) is 14.6. The summed E-state index contributed by atoms with van der Waals surface area (Å²) in [4.78, 5) is 4.13. The molecule has 1 aromatic carbocycles. The van der Waals surface area contributed by atoms with E-state index in [9.17, 15) is 0 Å². The molecule has 0 aliphatic heterocycles. The predicted octanol–water partition coefficient (Wildman–Crippen LogP) is 2.19. The fraction of sp³-hybridized carbons (Fsp3) is 0.533. The van der Waals surface area contributed by atoms with Gasteiger partial charge in [-0.25, -0.2) is 0 Å². The average molecular weight is 407 g/mol. The van der Waals surface area contributed by atoms with Crippen LogP contribution in [0.4, 0.5) is 0 Å². The van der Waals surface area contributed by atoms with Crippen molar-refractivity contribution in [2.45, 2.75) is 13.8 Å². The molecule has 0 aliphatic rings. The standard InChI is InChI=1S/C15H25N3O2.HI/c1-4-19-10-8-17-15(16-3)18-9-11-20-14-7-5-6-13(2)12-14;/h5-7,12H,4,8-11H2,1-3H3,(H2,16,17,18);1H. The second-order valence-corrected chi connectivity index (χ2v) is 4.29. The van der Waals surface area contributed by atoms with Crippen LogP contribution in [-0.2, 0) is 4.74 Å². The number of nitrogens with zero attached hydrogens (tertiary/aromatic N) is 1. The van der Waals surface area contributed by atoms with Crippen molar-refractivity contribution in [1.82, 2.24) is 10.6 Å². The Kier molecular flexibility index (Phi) is 12.1. The number of rotatable bonds is 8. The average Bonchev–Trinajstić information content (AvgIpc) is 2.46. The van der Waals surface area contributed by atoms with Gasteiger partial charge in [0.2, 0.25) is 0 Å². The molecule has 1 aromatic rings. The smallest absolute Gasteiger partial charge is 0.191 e. The molecule has 21 heavy (non-hydrogen) atoms. The first-order valence-electron chi connectivity index (χ1n) is 6.98. The highest BCUT2D eigenvalue weighted by molar-refractivity contribution is 14.0. The van der Waals surface area contributed by atoms with Crippen LogP contribution in [0, 0.1) is 6.92 Å². The van der Waals surface area contributed by atoms with Crippen LogP contribution in [0.15, 0.2) is 29.3 Å². The van der Waals surface area contributed by atoms with Crippen molar-refractivity contribution >= 4 is 29.9 Å². The second kappa shape index (κ2) is 12.7. The number of benzene rings is 1. The first kappa shape index (κ1) is 20.0. The van der Waals surface area contributed by atoms with Crippen LogP contribution >= 0.6 is 24.0 Å². The van der Waals surface area contributed by atoms with E-state index in [1.165, 1.54) is 5.56 Å². The lowest BCUT2D eigenvalue weighted by Gasteiger charge is -2.12. The summed E-state index contributed by atoms with van der Waals surface area (Å²) >= 11 is 0. The van der Waals surface area contributed by atoms with Gasteiger partial charge in [0.05, 0.1) is 13.2 Å². The second-order valence-electron chi connectivity index (χ2n) is 4.29. The van der Waals surface area contributed by atoms with Gasteiger partial charge >= 0.3 is 0 Å². The molecule has 0 atom stereocenters. The quantitative estimate of drug-likeness (QED) is 0.300. The van der Waals surface area contributed by atoms with E-state index in [0.717, 1.165) is 24.9 Å². The van der Waals surface area contributed by atoms with Gasteiger partial charge in [-0.05, 0) is 31.5 Å². The molecule has 0 fully saturated rings. The molecule has 2 N–H and O–H groups in total. The number of halogens is 1. The summed E-state index contributed by atoms with van der Waals surface area (Å²) in [6, 6.07) is 8.03. The van der Waals surface area contributed by atoms with E-state index in [0.29, 0.717) is 19.8 Å². The number of aryl methyl sites for hydroxylation is 1. The van der Waals surface area contributed by atoms with Crippen molar-refractivity contribution in [3.8, 4) is 5.75 Å². The molecule has 0 saturated carbocycles. The molecule has 0 saturated heterocycles. The van der Waals surface area contributed by atoms with Gasteiger partial charge in [0.1, 0.15) is 12.4 Å². The number of aliphatic imine (C=N–C) groups is 1. The zero-order valence-electron chi connectivity index (χ0n) is 13.0. The molecular weight excluding hydrogens is 381 g/mol. The Hall–Kier alpha value is -1.02. The lowest BCUT2D eigenvalue weighted by molar-refractivity contribution is 0.152. The van der Waals surface area contributed by atoms with Gasteiger partial charge in [-0.3, -0.25) is 4.99 Å². The highest BCUT2D eigenvalue weighted by Crippen LogP contribution is 2.11. The van der Waals surface area contributed by atoms with E-state index in [1.807, 2.05) is 25.1 Å². The molecule has 120 valence electrons. The van der Waals surface area contributed by atoms with Crippen molar-refractivity contribution < 1.29 is 9.47 Å². The first-order chi connectivity index (χ1) is 9.76. The molecule has 0 amide bonds. The van der Waals surface area contributed by atoms with E-state index in [-0.39, 0.29) is 24.0 Å². The maximum atomic E-state index is 5.65. The van der Waals surface area contributed by atoms with Crippen molar-refractivity contribution in [1.29, 1.82) is 0 Å². The Balaban J connectivity index is 0.00000400. The maximum absolute atomic E-state index is 5.65. The minimum Gasteiger partial charge on any atom is -0.492 e. The molecule has 0 spiro atoms. The monoisotopic (exact) mass is 407 g/mol. The molecule has 0 unspecified atom stereocenters. The SMILES string of the molecule is CCOCCNC(=NC)NCCOc1cccc(C)c1.I. The van der Waals surface area contributed by atoms with E-state index in [1.54, 1.807) is 7.05 Å². The molecule has 6 heteroatoms. The first-order valence-corrected chi connectivity index (χ1v) is 6.98. The summed E-state index contributed by atoms with van der Waals surface area (Å²) in [5.74, 6) is 1.66. The summed E-state index contributed by atoms with van der Waals surface area (Å²) in [5.41, 5.74) is 1.20. The van der Waals surface area contributed by atoms with E-state index in [2.05, 4.69) is 28.6 Å². The molecule has 5 nitrogen and oxygen atoms in total. The Morgan fingerprint density at radius 2 is 1.90 bits per heavy atom. The minimum absolute atomic E-state index is 0. The third-order valence-corrected chi connectivity index (χ3v) is 2.62. The summed E-state index contributed by atoms with van der Waals surface area (Å²) in [6.07, 6.45) is 0. The van der Waals surface area contributed by atoms with Crippen LogP contribution in [-0.4, -0.2) is 45.9 Å². The van der Waals surface area contributed by atoms with Crippen molar-refractivity contribution in [2.24, 2.45) is 4.99 Å². The van der Waals surface area contributed by atoms with Gasteiger partial charge in [-0.1, -0.05) is 12.1 Å². The number of guanidine groups is 1. The Labute approximate surface area is 144 Å². The van der Waals surface area contributed by atoms with E-state index < -0.39 is 0 Å². The van der Waals surface area contributed by atoms with Crippen LogP contribution < -0.4 is 15.4 Å². The largest absolute Gasteiger partial charge is 0.492 e. The van der Waals surface area contributed by atoms with Crippen molar-refractivity contribution in [3.05, 3.63) is 29.8 Å². The minimum atomic E-state index is 0. The van der Waals surface area contributed by atoms with Crippen molar-refractivity contribution in [3.63, 3.8) is 0 Å². The topological polar surface area (TPSA) is 54.9 Å². The molecule has 0 radical (unpaired) electrons. The Bertz CT molecular complexity index is 414. The molecule has 1 rings (SSSR count). The predicted molar refractivity (Wildman–Crippen MR) is 97.9 cm³/mol. The van der Waals surface area contributed by atoms with Crippen LogP contribution in [0.3, 0.4) is 0 Å². The normalized spacial score (nSPS) is 10.7. The third kappa shape index (κ3) is 9.52. The van der Waals surface area contributed by atoms with E-state index >= 15 is 0 Å². The molecule has 0 bridgehead atoms. The fourth-order valence-electron chi connectivity index (χ4n) is 1.65. The lowest BCUT2D eigenvalue weighted by atomic mass is 10.2. The Morgan fingerprint density at radius 1 is 1.19 bits per heavy atom. The number of nitrogens with one attached hydrogen (secondary N) is 2. The fourth-order valence-corrected chi connectivity index (χ4v) is 1.65. The number of hydrogen-bond acceptors (Lipinski definition) is 3. The van der Waals surface area contributed by atoms with Gasteiger partial charge < -0.3 is 20.1 Å². The highest BCUT2D eigenvalue weighted by atomic mass is 127. The van der Waals surface area contributed by atoms with Gasteiger partial charge in [0.15, 0.2) is 5.96 Å². The maximum Gasteiger partial charge on any atom is 0.191 e. The van der Waals surface area contributed by atoms with Gasteiger partial charge in [0.25, 0.3) is 0 Å². The lowest BCUT2D eigenvalue weighted by Crippen LogP contribution is -2.40. The van der Waals surface area contributed by atoms with Crippen LogP contribution in [0.1, 0.15) is 12.5 Å². The van der Waals surface area contributed by atoms with Crippen LogP contribution in [0.5, 0.6) is 5.75 Å². The van der Waals surface area contributed by atoms with Crippen LogP contribution in [0.25, 0.3) is 0 Å². The molecule has 0 aromatic heterocycles. The molecular formula is C15H26IN3O2. The number of ether oxygens (including phenoxy) is 2.